The summed E-state index contributed by atoms with van der Waals surface area (Å²) in [6.07, 6.45) is 0.294. The first-order valence-electron chi connectivity index (χ1n) is 5.96. The molecule has 1 aromatic rings. The maximum atomic E-state index is 10.7. The lowest BCUT2D eigenvalue weighted by Gasteiger charge is -2.30. The molecule has 1 rings (SSSR count). The number of hydrogen-bond donors (Lipinski definition) is 2. The van der Waals surface area contributed by atoms with Crippen LogP contribution in [0.3, 0.4) is 0 Å². The maximum Gasteiger partial charge on any atom is 0.320 e. The molecule has 0 saturated carbocycles. The number of nitrogens with two attached hydrogens (primary N) is 1. The molecule has 0 aliphatic rings. The summed E-state index contributed by atoms with van der Waals surface area (Å²) in [5, 5.41) is 8.76. The first-order chi connectivity index (χ1) is 8.82. The van der Waals surface area contributed by atoms with Crippen LogP contribution in [0.4, 0.5) is 5.69 Å². The second-order valence-corrected chi connectivity index (χ2v) is 5.63. The molecule has 0 aliphatic carbocycles. The number of carboxylic acid groups (broad SMARTS) is 1. The van der Waals surface area contributed by atoms with Crippen molar-refractivity contribution < 1.29 is 9.90 Å². The molecule has 0 bridgehead atoms. The summed E-state index contributed by atoms with van der Waals surface area (Å²) in [5.74, 6) is -1.01. The van der Waals surface area contributed by atoms with E-state index in [1.54, 1.807) is 0 Å². The van der Waals surface area contributed by atoms with Crippen molar-refractivity contribution in [3.63, 3.8) is 0 Å². The van der Waals surface area contributed by atoms with Crippen LogP contribution in [0.5, 0.6) is 0 Å². The van der Waals surface area contributed by atoms with Crippen molar-refractivity contribution in [2.75, 3.05) is 4.90 Å². The average Bonchev–Trinajstić information content (AvgIpc) is 2.30. The molecular weight excluding hydrogens is 287 g/mol. The number of halogens is 2. The molecule has 0 heterocycles. The van der Waals surface area contributed by atoms with Gasteiger partial charge in [0.2, 0.25) is 0 Å². The molecule has 3 unspecified atom stereocenters. The van der Waals surface area contributed by atoms with Gasteiger partial charge in [0, 0.05) is 5.69 Å². The van der Waals surface area contributed by atoms with Crippen molar-refractivity contribution in [1.82, 2.24) is 0 Å². The Hall–Kier alpha value is -0.970. The van der Waals surface area contributed by atoms with Crippen molar-refractivity contribution in [1.29, 1.82) is 0 Å². The fourth-order valence-electron chi connectivity index (χ4n) is 1.84. The third-order valence-electron chi connectivity index (χ3n) is 2.77. The Balaban J connectivity index is 2.83. The van der Waals surface area contributed by atoms with Crippen LogP contribution in [0.1, 0.15) is 19.4 Å². The van der Waals surface area contributed by atoms with Crippen LogP contribution in [-0.4, -0.2) is 28.1 Å². The summed E-state index contributed by atoms with van der Waals surface area (Å²) in [6.45, 7) is 3.68. The van der Waals surface area contributed by atoms with E-state index >= 15 is 0 Å². The monoisotopic (exact) mass is 304 g/mol. The number of carboxylic acids is 1. The molecule has 1 aromatic carbocycles. The number of hydrogen-bond acceptors (Lipinski definition) is 3. The van der Waals surface area contributed by atoms with E-state index in [1.165, 1.54) is 0 Å². The second-order valence-electron chi connectivity index (χ2n) is 4.37. The van der Waals surface area contributed by atoms with Crippen LogP contribution >= 0.6 is 23.2 Å². The van der Waals surface area contributed by atoms with Crippen molar-refractivity contribution in [3.8, 4) is 0 Å². The third-order valence-corrected chi connectivity index (χ3v) is 3.19. The standard InChI is InChI=1S/C13H18Cl2N2O2/c1-8(14)17(9(2)15)11-5-3-10(4-6-11)7-12(16)13(18)19/h3-6,8-9,12H,7,16H2,1-2H3,(H,18,19). The van der Waals surface area contributed by atoms with E-state index in [-0.39, 0.29) is 11.0 Å². The highest BCUT2D eigenvalue weighted by atomic mass is 35.5. The minimum atomic E-state index is -1.01. The van der Waals surface area contributed by atoms with Gasteiger partial charge in [-0.2, -0.15) is 0 Å². The summed E-state index contributed by atoms with van der Waals surface area (Å²) in [4.78, 5) is 12.5. The molecule has 0 aliphatic heterocycles. The maximum absolute atomic E-state index is 10.7. The number of anilines is 1. The van der Waals surface area contributed by atoms with E-state index < -0.39 is 12.0 Å². The predicted molar refractivity (Wildman–Crippen MR) is 78.9 cm³/mol. The fourth-order valence-corrected chi connectivity index (χ4v) is 2.46. The molecule has 0 aromatic heterocycles. The largest absolute Gasteiger partial charge is 0.480 e. The predicted octanol–water partition coefficient (Wildman–Crippen LogP) is 2.62. The highest BCUT2D eigenvalue weighted by Gasteiger charge is 2.17. The van der Waals surface area contributed by atoms with Crippen molar-refractivity contribution in [3.05, 3.63) is 29.8 Å². The summed E-state index contributed by atoms with van der Waals surface area (Å²) in [6, 6.07) is 6.51. The molecule has 19 heavy (non-hydrogen) atoms. The fraction of sp³-hybridized carbons (Fsp3) is 0.462. The van der Waals surface area contributed by atoms with Gasteiger partial charge in [0.25, 0.3) is 0 Å². The quantitative estimate of drug-likeness (QED) is 0.626. The van der Waals surface area contributed by atoms with Crippen molar-refractivity contribution in [2.45, 2.75) is 37.3 Å². The molecule has 0 radical (unpaired) electrons. The first-order valence-corrected chi connectivity index (χ1v) is 6.84. The van der Waals surface area contributed by atoms with E-state index in [0.29, 0.717) is 6.42 Å². The van der Waals surface area contributed by atoms with E-state index in [2.05, 4.69) is 0 Å². The zero-order valence-electron chi connectivity index (χ0n) is 10.9. The number of rotatable bonds is 6. The van der Waals surface area contributed by atoms with Crippen LogP contribution in [0.25, 0.3) is 0 Å². The van der Waals surface area contributed by atoms with Gasteiger partial charge in [0.15, 0.2) is 0 Å². The van der Waals surface area contributed by atoms with E-state index in [0.717, 1.165) is 11.3 Å². The van der Waals surface area contributed by atoms with Gasteiger partial charge in [-0.15, -0.1) is 0 Å². The average molecular weight is 305 g/mol. The molecule has 0 saturated heterocycles. The van der Waals surface area contributed by atoms with Crippen molar-refractivity contribution in [2.24, 2.45) is 5.73 Å². The lowest BCUT2D eigenvalue weighted by molar-refractivity contribution is -0.138. The first kappa shape index (κ1) is 16.1. The van der Waals surface area contributed by atoms with E-state index in [9.17, 15) is 4.79 Å². The zero-order valence-corrected chi connectivity index (χ0v) is 12.4. The second kappa shape index (κ2) is 6.98. The Bertz CT molecular complexity index is 413. The number of aliphatic carboxylic acids is 1. The third kappa shape index (κ3) is 4.56. The number of alkyl halides is 2. The van der Waals surface area contributed by atoms with Gasteiger partial charge in [0.1, 0.15) is 17.0 Å². The van der Waals surface area contributed by atoms with Crippen LogP contribution < -0.4 is 10.6 Å². The van der Waals surface area contributed by atoms with Gasteiger partial charge < -0.3 is 15.7 Å². The Morgan fingerprint density at radius 3 is 2.11 bits per heavy atom. The van der Waals surface area contributed by atoms with Gasteiger partial charge in [-0.3, -0.25) is 4.79 Å². The minimum Gasteiger partial charge on any atom is -0.480 e. The molecular formula is C13H18Cl2N2O2. The van der Waals surface area contributed by atoms with Gasteiger partial charge >= 0.3 is 5.97 Å². The SMILES string of the molecule is CC(Cl)N(c1ccc(CC(N)C(=O)O)cc1)C(C)Cl. The van der Waals surface area contributed by atoms with E-state index in [4.69, 9.17) is 34.0 Å². The highest BCUT2D eigenvalue weighted by Crippen LogP contribution is 2.24. The summed E-state index contributed by atoms with van der Waals surface area (Å²) in [5.41, 5.74) is 6.77. The Kier molecular flexibility index (Phi) is 5.91. The topological polar surface area (TPSA) is 66.6 Å². The summed E-state index contributed by atoms with van der Waals surface area (Å²) < 4.78 is 0. The number of benzene rings is 1. The summed E-state index contributed by atoms with van der Waals surface area (Å²) >= 11 is 12.2. The van der Waals surface area contributed by atoms with Crippen molar-refractivity contribution >= 4 is 34.9 Å². The highest BCUT2D eigenvalue weighted by molar-refractivity contribution is 6.25. The van der Waals surface area contributed by atoms with Gasteiger partial charge in [0.05, 0.1) is 0 Å². The molecule has 0 amide bonds. The van der Waals surface area contributed by atoms with Crippen LogP contribution in [0, 0.1) is 0 Å². The smallest absolute Gasteiger partial charge is 0.320 e. The molecule has 0 fully saturated rings. The molecule has 6 heteroatoms. The Morgan fingerprint density at radius 1 is 1.26 bits per heavy atom. The lowest BCUT2D eigenvalue weighted by Crippen LogP contribution is -2.34. The number of carbonyl (C=O) groups is 1. The summed E-state index contributed by atoms with van der Waals surface area (Å²) in [7, 11) is 0. The Morgan fingerprint density at radius 2 is 1.74 bits per heavy atom. The Labute approximate surface area is 123 Å². The van der Waals surface area contributed by atoms with Gasteiger partial charge in [-0.1, -0.05) is 35.3 Å². The van der Waals surface area contributed by atoms with Gasteiger partial charge in [-0.25, -0.2) is 0 Å². The van der Waals surface area contributed by atoms with Crippen LogP contribution in [0.2, 0.25) is 0 Å². The lowest BCUT2D eigenvalue weighted by atomic mass is 10.1. The molecule has 106 valence electrons. The molecule has 4 nitrogen and oxygen atoms in total. The van der Waals surface area contributed by atoms with Gasteiger partial charge in [-0.05, 0) is 38.0 Å². The molecule has 3 N–H and O–H groups in total. The molecule has 3 atom stereocenters. The van der Waals surface area contributed by atoms with E-state index in [1.807, 2.05) is 43.0 Å². The van der Waals surface area contributed by atoms with Crippen LogP contribution in [0.15, 0.2) is 24.3 Å². The zero-order chi connectivity index (χ0) is 14.6. The number of nitrogens with zero attached hydrogens (tertiary/aromatic N) is 1. The normalized spacial score (nSPS) is 15.6. The minimum absolute atomic E-state index is 0.236. The molecule has 0 spiro atoms. The van der Waals surface area contributed by atoms with Crippen LogP contribution in [-0.2, 0) is 11.2 Å².